The van der Waals surface area contributed by atoms with Crippen LogP contribution in [0.5, 0.6) is 0 Å². The van der Waals surface area contributed by atoms with Gasteiger partial charge in [-0.3, -0.25) is 14.4 Å². The van der Waals surface area contributed by atoms with Gasteiger partial charge in [-0.05, 0) is 18.6 Å². The maximum absolute atomic E-state index is 11.9. The van der Waals surface area contributed by atoms with Crippen LogP contribution >= 0.6 is 11.8 Å². The predicted molar refractivity (Wildman–Crippen MR) is 75.3 cm³/mol. The molecule has 0 aliphatic carbocycles. The zero-order chi connectivity index (χ0) is 15.1. The van der Waals surface area contributed by atoms with Gasteiger partial charge in [-0.1, -0.05) is 18.2 Å². The van der Waals surface area contributed by atoms with Gasteiger partial charge in [-0.25, -0.2) is 0 Å². The van der Waals surface area contributed by atoms with E-state index in [1.54, 1.807) is 0 Å². The van der Waals surface area contributed by atoms with Crippen LogP contribution in [0.15, 0.2) is 29.2 Å². The Morgan fingerprint density at radius 2 is 1.90 bits per heavy atom. The summed E-state index contributed by atoms with van der Waals surface area (Å²) in [6, 6.07) is 7.55. The summed E-state index contributed by atoms with van der Waals surface area (Å²) in [6.45, 7) is 1.00. The summed E-state index contributed by atoms with van der Waals surface area (Å²) in [6.07, 6.45) is 0. The van der Waals surface area contributed by atoms with Crippen molar-refractivity contribution >= 4 is 29.5 Å². The summed E-state index contributed by atoms with van der Waals surface area (Å²) in [7, 11) is 0. The summed E-state index contributed by atoms with van der Waals surface area (Å²) in [5.41, 5.74) is 6.04. The Kier molecular flexibility index (Phi) is 6.05. The van der Waals surface area contributed by atoms with Crippen LogP contribution in [0.3, 0.4) is 0 Å². The SMILES string of the molecule is Cc1ccccc1SCC(=O)N(CC(N)=O)CC(=O)O. The second kappa shape index (κ2) is 7.54. The summed E-state index contributed by atoms with van der Waals surface area (Å²) in [5, 5.41) is 8.72. The average molecular weight is 296 g/mol. The van der Waals surface area contributed by atoms with Crippen molar-refractivity contribution in [2.75, 3.05) is 18.8 Å². The van der Waals surface area contributed by atoms with Crippen LogP contribution < -0.4 is 5.73 Å². The van der Waals surface area contributed by atoms with Crippen molar-refractivity contribution in [3.05, 3.63) is 29.8 Å². The number of benzene rings is 1. The van der Waals surface area contributed by atoms with Crippen LogP contribution in [0.1, 0.15) is 5.56 Å². The normalized spacial score (nSPS) is 10.1. The highest BCUT2D eigenvalue weighted by molar-refractivity contribution is 8.00. The number of hydrogen-bond acceptors (Lipinski definition) is 4. The van der Waals surface area contributed by atoms with Crippen LogP contribution in [0.25, 0.3) is 0 Å². The Bertz CT molecular complexity index is 503. The fraction of sp³-hybridized carbons (Fsp3) is 0.308. The van der Waals surface area contributed by atoms with Crippen molar-refractivity contribution in [3.8, 4) is 0 Å². The number of nitrogens with two attached hydrogens (primary N) is 1. The monoisotopic (exact) mass is 296 g/mol. The number of nitrogens with zero attached hydrogens (tertiary/aromatic N) is 1. The number of thioether (sulfide) groups is 1. The van der Waals surface area contributed by atoms with E-state index >= 15 is 0 Å². The van der Waals surface area contributed by atoms with Crippen LogP contribution in [-0.2, 0) is 14.4 Å². The van der Waals surface area contributed by atoms with Gasteiger partial charge >= 0.3 is 5.97 Å². The standard InChI is InChI=1S/C13H16N2O4S/c1-9-4-2-3-5-10(9)20-8-12(17)15(6-11(14)16)7-13(18)19/h2-5H,6-8H2,1H3,(H2,14,16)(H,18,19). The third-order valence-electron chi connectivity index (χ3n) is 2.47. The van der Waals surface area contributed by atoms with Crippen LogP contribution in [0.2, 0.25) is 0 Å². The first kappa shape index (κ1) is 16.0. The van der Waals surface area contributed by atoms with Crippen molar-refractivity contribution in [3.63, 3.8) is 0 Å². The van der Waals surface area contributed by atoms with Gasteiger partial charge in [0.15, 0.2) is 0 Å². The number of carbonyl (C=O) groups is 3. The van der Waals surface area contributed by atoms with Crippen LogP contribution in [-0.4, -0.2) is 46.6 Å². The Morgan fingerprint density at radius 1 is 1.25 bits per heavy atom. The van der Waals surface area contributed by atoms with E-state index in [1.165, 1.54) is 11.8 Å². The first-order chi connectivity index (χ1) is 9.40. The fourth-order valence-corrected chi connectivity index (χ4v) is 2.46. The molecule has 0 heterocycles. The molecule has 0 bridgehead atoms. The minimum Gasteiger partial charge on any atom is -0.480 e. The molecule has 0 radical (unpaired) electrons. The first-order valence-corrected chi connectivity index (χ1v) is 6.85. The molecule has 0 aliphatic heterocycles. The first-order valence-electron chi connectivity index (χ1n) is 5.86. The molecule has 7 heteroatoms. The lowest BCUT2D eigenvalue weighted by Gasteiger charge is -2.18. The third-order valence-corrected chi connectivity index (χ3v) is 3.63. The molecule has 0 saturated heterocycles. The average Bonchev–Trinajstić information content (AvgIpc) is 2.35. The second-order valence-electron chi connectivity index (χ2n) is 4.16. The number of hydrogen-bond donors (Lipinski definition) is 2. The fourth-order valence-electron chi connectivity index (χ4n) is 1.53. The number of carboxylic acid groups (broad SMARTS) is 1. The molecule has 0 fully saturated rings. The Balaban J connectivity index is 2.64. The molecule has 3 N–H and O–H groups in total. The van der Waals surface area contributed by atoms with Gasteiger partial charge in [-0.15, -0.1) is 11.8 Å². The molecule has 1 aromatic carbocycles. The summed E-state index contributed by atoms with van der Waals surface area (Å²) in [4.78, 5) is 35.3. The molecule has 0 saturated carbocycles. The summed E-state index contributed by atoms with van der Waals surface area (Å²) < 4.78 is 0. The smallest absolute Gasteiger partial charge is 0.323 e. The minimum absolute atomic E-state index is 0.0609. The number of aryl methyl sites for hydroxylation is 1. The van der Waals surface area contributed by atoms with Gasteiger partial charge < -0.3 is 15.7 Å². The second-order valence-corrected chi connectivity index (χ2v) is 5.18. The van der Waals surface area contributed by atoms with E-state index in [2.05, 4.69) is 0 Å². The van der Waals surface area contributed by atoms with E-state index in [9.17, 15) is 14.4 Å². The Labute approximate surface area is 120 Å². The summed E-state index contributed by atoms with van der Waals surface area (Å²) in [5.74, 6) is -2.29. The highest BCUT2D eigenvalue weighted by atomic mass is 32.2. The van der Waals surface area contributed by atoms with Crippen molar-refractivity contribution in [2.45, 2.75) is 11.8 Å². The molecule has 2 amide bonds. The number of primary amides is 1. The molecule has 1 rings (SSSR count). The lowest BCUT2D eigenvalue weighted by Crippen LogP contribution is -2.42. The molecule has 108 valence electrons. The third kappa shape index (κ3) is 5.31. The maximum Gasteiger partial charge on any atom is 0.323 e. The van der Waals surface area contributed by atoms with Gasteiger partial charge in [-0.2, -0.15) is 0 Å². The van der Waals surface area contributed by atoms with E-state index in [-0.39, 0.29) is 12.3 Å². The molecule has 0 aliphatic rings. The number of rotatable bonds is 7. The molecule has 6 nitrogen and oxygen atoms in total. The number of amides is 2. The van der Waals surface area contributed by atoms with Gasteiger partial charge in [0, 0.05) is 4.90 Å². The van der Waals surface area contributed by atoms with E-state index < -0.39 is 24.3 Å². The summed E-state index contributed by atoms with van der Waals surface area (Å²) >= 11 is 1.30. The van der Waals surface area contributed by atoms with Crippen molar-refractivity contribution < 1.29 is 19.5 Å². The number of carboxylic acids is 1. The van der Waals surface area contributed by atoms with Gasteiger partial charge in [0.25, 0.3) is 0 Å². The lowest BCUT2D eigenvalue weighted by molar-refractivity contribution is -0.144. The highest BCUT2D eigenvalue weighted by Crippen LogP contribution is 2.21. The van der Waals surface area contributed by atoms with Crippen molar-refractivity contribution in [2.24, 2.45) is 5.73 Å². The van der Waals surface area contributed by atoms with Gasteiger partial charge in [0.1, 0.15) is 6.54 Å². The zero-order valence-corrected chi connectivity index (χ0v) is 11.9. The van der Waals surface area contributed by atoms with Crippen molar-refractivity contribution in [1.82, 2.24) is 4.90 Å². The molecule has 0 unspecified atom stereocenters. The topological polar surface area (TPSA) is 101 Å². The van der Waals surface area contributed by atoms with Gasteiger partial charge in [0.2, 0.25) is 11.8 Å². The molecule has 0 atom stereocenters. The van der Waals surface area contributed by atoms with Crippen LogP contribution in [0.4, 0.5) is 0 Å². The maximum atomic E-state index is 11.9. The quantitative estimate of drug-likeness (QED) is 0.713. The molecule has 0 aromatic heterocycles. The molecule has 1 aromatic rings. The Hall–Kier alpha value is -2.02. The van der Waals surface area contributed by atoms with E-state index in [0.717, 1.165) is 15.4 Å². The van der Waals surface area contributed by atoms with E-state index in [0.29, 0.717) is 0 Å². The molecule has 20 heavy (non-hydrogen) atoms. The number of aliphatic carboxylic acids is 1. The van der Waals surface area contributed by atoms with Crippen LogP contribution in [0, 0.1) is 6.92 Å². The lowest BCUT2D eigenvalue weighted by atomic mass is 10.2. The van der Waals surface area contributed by atoms with Gasteiger partial charge in [0.05, 0.1) is 12.3 Å². The molecule has 0 spiro atoms. The largest absolute Gasteiger partial charge is 0.480 e. The predicted octanol–water partition coefficient (Wildman–Crippen LogP) is 0.486. The molecular formula is C13H16N2O4S. The van der Waals surface area contributed by atoms with E-state index in [4.69, 9.17) is 10.8 Å². The van der Waals surface area contributed by atoms with Crippen molar-refractivity contribution in [1.29, 1.82) is 0 Å². The molecular weight excluding hydrogens is 280 g/mol. The zero-order valence-electron chi connectivity index (χ0n) is 11.0. The minimum atomic E-state index is -1.18. The van der Waals surface area contributed by atoms with E-state index in [1.807, 2.05) is 31.2 Å². The highest BCUT2D eigenvalue weighted by Gasteiger charge is 2.19. The number of carbonyl (C=O) groups excluding carboxylic acids is 2. The Morgan fingerprint density at radius 3 is 2.45 bits per heavy atom.